The van der Waals surface area contributed by atoms with Gasteiger partial charge >= 0.3 is 6.09 Å². The monoisotopic (exact) mass is 350 g/mol. The maximum Gasteiger partial charge on any atom is 0.407 e. The first-order chi connectivity index (χ1) is 11.8. The summed E-state index contributed by atoms with van der Waals surface area (Å²) in [6.07, 6.45) is 0.136. The Morgan fingerprint density at radius 3 is 2.84 bits per heavy atom. The number of amides is 1. The second-order valence-electron chi connectivity index (χ2n) is 6.80. The van der Waals surface area contributed by atoms with Crippen LogP contribution in [0, 0.1) is 0 Å². The molecule has 0 unspecified atom stereocenters. The zero-order valence-corrected chi connectivity index (χ0v) is 14.6. The Bertz CT molecular complexity index is 680. The van der Waals surface area contributed by atoms with Crippen molar-refractivity contribution in [2.45, 2.75) is 32.8 Å². The summed E-state index contributed by atoms with van der Waals surface area (Å²) >= 11 is 0. The first kappa shape index (κ1) is 18.8. The fourth-order valence-electron chi connectivity index (χ4n) is 2.24. The molecular formula is C18H23FN2O4. The number of hydrogen-bond donors (Lipinski definition) is 2. The molecule has 1 aliphatic rings. The molecule has 0 saturated carbocycles. The molecule has 1 aliphatic heterocycles. The largest absolute Gasteiger partial charge is 0.489 e. The number of ketones is 1. The van der Waals surface area contributed by atoms with Crippen LogP contribution in [-0.2, 0) is 16.0 Å². The van der Waals surface area contributed by atoms with Crippen molar-refractivity contribution >= 4 is 17.6 Å². The number of fused-ring (bicyclic) bond motifs is 1. The minimum absolute atomic E-state index is 0.0175. The maximum absolute atomic E-state index is 13.0. The highest BCUT2D eigenvalue weighted by Crippen LogP contribution is 2.25. The van der Waals surface area contributed by atoms with E-state index in [4.69, 9.17) is 9.47 Å². The molecule has 0 aliphatic carbocycles. The van der Waals surface area contributed by atoms with E-state index in [1.165, 1.54) is 0 Å². The lowest BCUT2D eigenvalue weighted by atomic mass is 10.0. The molecule has 6 nitrogen and oxygen atoms in total. The molecule has 2 rings (SSSR count). The number of rotatable bonds is 5. The van der Waals surface area contributed by atoms with Crippen LogP contribution in [0.1, 0.15) is 26.3 Å². The lowest BCUT2D eigenvalue weighted by molar-refractivity contribution is -0.117. The van der Waals surface area contributed by atoms with Crippen LogP contribution in [0.3, 0.4) is 0 Å². The van der Waals surface area contributed by atoms with Gasteiger partial charge in [-0.1, -0.05) is 0 Å². The fourth-order valence-corrected chi connectivity index (χ4v) is 2.24. The molecule has 2 N–H and O–H groups in total. The SMILES string of the molecule is CC(C)(C)OC(=O)NC/C(=C/F)COc1ccc2c(c1)CC(=O)CN2. The summed E-state index contributed by atoms with van der Waals surface area (Å²) in [5.74, 6) is 0.641. The lowest BCUT2D eigenvalue weighted by Gasteiger charge is -2.20. The number of ether oxygens (including phenoxy) is 2. The van der Waals surface area contributed by atoms with Gasteiger partial charge in [0.25, 0.3) is 0 Å². The summed E-state index contributed by atoms with van der Waals surface area (Å²) in [4.78, 5) is 23.1. The average molecular weight is 350 g/mol. The number of carbonyl (C=O) groups excluding carboxylic acids is 2. The van der Waals surface area contributed by atoms with Crippen molar-refractivity contribution in [1.29, 1.82) is 0 Å². The van der Waals surface area contributed by atoms with E-state index in [9.17, 15) is 14.0 Å². The maximum atomic E-state index is 13.0. The number of anilines is 1. The van der Waals surface area contributed by atoms with Crippen molar-refractivity contribution in [3.63, 3.8) is 0 Å². The van der Waals surface area contributed by atoms with Gasteiger partial charge in [-0.05, 0) is 44.5 Å². The number of hydrogen-bond acceptors (Lipinski definition) is 5. The van der Waals surface area contributed by atoms with E-state index in [1.54, 1.807) is 32.9 Å². The van der Waals surface area contributed by atoms with Crippen LogP contribution in [0.25, 0.3) is 0 Å². The van der Waals surface area contributed by atoms with Gasteiger partial charge in [-0.3, -0.25) is 4.79 Å². The first-order valence-corrected chi connectivity index (χ1v) is 8.03. The molecule has 25 heavy (non-hydrogen) atoms. The van der Waals surface area contributed by atoms with Crippen LogP contribution in [0.2, 0.25) is 0 Å². The highest BCUT2D eigenvalue weighted by atomic mass is 19.1. The topological polar surface area (TPSA) is 76.7 Å². The van der Waals surface area contributed by atoms with Crippen LogP contribution in [0.4, 0.5) is 14.9 Å². The van der Waals surface area contributed by atoms with Crippen LogP contribution < -0.4 is 15.4 Å². The van der Waals surface area contributed by atoms with Gasteiger partial charge in [0, 0.05) is 24.2 Å². The summed E-state index contributed by atoms with van der Waals surface area (Å²) in [7, 11) is 0. The van der Waals surface area contributed by atoms with Gasteiger partial charge in [0.2, 0.25) is 0 Å². The molecule has 1 heterocycles. The summed E-state index contributed by atoms with van der Waals surface area (Å²) in [5.41, 5.74) is 1.40. The van der Waals surface area contributed by atoms with Crippen molar-refractivity contribution in [1.82, 2.24) is 5.32 Å². The number of halogens is 1. The van der Waals surface area contributed by atoms with Crippen LogP contribution in [0.5, 0.6) is 5.75 Å². The Morgan fingerprint density at radius 1 is 1.40 bits per heavy atom. The van der Waals surface area contributed by atoms with E-state index in [-0.39, 0.29) is 24.5 Å². The molecule has 0 aromatic heterocycles. The molecule has 0 fully saturated rings. The molecule has 1 amide bonds. The summed E-state index contributed by atoms with van der Waals surface area (Å²) in [5, 5.41) is 5.51. The molecule has 1 aromatic rings. The van der Waals surface area contributed by atoms with Crippen molar-refractivity contribution in [3.8, 4) is 5.75 Å². The predicted molar refractivity (Wildman–Crippen MR) is 92.6 cm³/mol. The molecule has 0 radical (unpaired) electrons. The van der Waals surface area contributed by atoms with E-state index in [0.717, 1.165) is 11.3 Å². The number of benzene rings is 1. The van der Waals surface area contributed by atoms with Crippen molar-refractivity contribution < 1.29 is 23.5 Å². The zero-order valence-electron chi connectivity index (χ0n) is 14.6. The number of nitrogens with one attached hydrogen (secondary N) is 2. The number of carbonyl (C=O) groups is 2. The summed E-state index contributed by atoms with van der Waals surface area (Å²) < 4.78 is 23.6. The minimum Gasteiger partial charge on any atom is -0.489 e. The third kappa shape index (κ3) is 6.10. The molecule has 0 bridgehead atoms. The van der Waals surface area contributed by atoms with E-state index >= 15 is 0 Å². The Labute approximate surface area is 146 Å². The molecule has 0 saturated heterocycles. The average Bonchev–Trinajstić information content (AvgIpc) is 2.53. The Morgan fingerprint density at radius 2 is 2.16 bits per heavy atom. The molecule has 136 valence electrons. The number of Topliss-reactive ketones (excluding diaryl/α,β-unsaturated/α-hetero) is 1. The second kappa shape index (κ2) is 8.00. The smallest absolute Gasteiger partial charge is 0.407 e. The van der Waals surface area contributed by atoms with Crippen LogP contribution in [0.15, 0.2) is 30.1 Å². The third-order valence-corrected chi connectivity index (χ3v) is 3.38. The van der Waals surface area contributed by atoms with Gasteiger partial charge in [0.1, 0.15) is 18.0 Å². The molecule has 0 atom stereocenters. The van der Waals surface area contributed by atoms with E-state index in [1.807, 2.05) is 6.07 Å². The van der Waals surface area contributed by atoms with E-state index in [0.29, 0.717) is 25.0 Å². The van der Waals surface area contributed by atoms with Crippen molar-refractivity contribution in [3.05, 3.63) is 35.7 Å². The highest BCUT2D eigenvalue weighted by molar-refractivity contribution is 5.89. The van der Waals surface area contributed by atoms with Crippen molar-refractivity contribution in [2.75, 3.05) is 25.0 Å². The normalized spacial score (nSPS) is 14.4. The van der Waals surface area contributed by atoms with Gasteiger partial charge in [-0.2, -0.15) is 0 Å². The Hall–Kier alpha value is -2.57. The lowest BCUT2D eigenvalue weighted by Crippen LogP contribution is -2.34. The zero-order chi connectivity index (χ0) is 18.4. The van der Waals surface area contributed by atoms with E-state index in [2.05, 4.69) is 10.6 Å². The highest BCUT2D eigenvalue weighted by Gasteiger charge is 2.17. The minimum atomic E-state index is -0.620. The standard InChI is InChI=1S/C18H23FN2O4/c1-18(2,3)25-17(23)21-9-12(8-19)11-24-15-4-5-16-13(7-15)6-14(22)10-20-16/h4-5,7-8,20H,6,9-11H2,1-3H3,(H,21,23)/b12-8-. The quantitative estimate of drug-likeness (QED) is 0.854. The fraction of sp³-hybridized carbons (Fsp3) is 0.444. The van der Waals surface area contributed by atoms with Crippen molar-refractivity contribution in [2.24, 2.45) is 0 Å². The molecule has 1 aromatic carbocycles. The van der Waals surface area contributed by atoms with Gasteiger partial charge in [0.15, 0.2) is 5.78 Å². The Balaban J connectivity index is 1.86. The predicted octanol–water partition coefficient (Wildman–Crippen LogP) is 2.98. The summed E-state index contributed by atoms with van der Waals surface area (Å²) in [6, 6.07) is 5.34. The third-order valence-electron chi connectivity index (χ3n) is 3.38. The summed E-state index contributed by atoms with van der Waals surface area (Å²) in [6.45, 7) is 5.53. The Kier molecular flexibility index (Phi) is 6.01. The molecular weight excluding hydrogens is 327 g/mol. The first-order valence-electron chi connectivity index (χ1n) is 8.03. The van der Waals surface area contributed by atoms with E-state index < -0.39 is 11.7 Å². The van der Waals surface area contributed by atoms with Gasteiger partial charge < -0.3 is 20.1 Å². The van der Waals surface area contributed by atoms with Gasteiger partial charge in [0.05, 0.1) is 12.9 Å². The van der Waals surface area contributed by atoms with Gasteiger partial charge in [-0.15, -0.1) is 0 Å². The number of alkyl carbamates (subject to hydrolysis) is 1. The van der Waals surface area contributed by atoms with Crippen LogP contribution >= 0.6 is 0 Å². The second-order valence-corrected chi connectivity index (χ2v) is 6.80. The molecule has 0 spiro atoms. The molecule has 7 heteroatoms. The van der Waals surface area contributed by atoms with Gasteiger partial charge in [-0.25, -0.2) is 9.18 Å². The van der Waals surface area contributed by atoms with Crippen LogP contribution in [-0.4, -0.2) is 37.2 Å².